The molecule has 0 saturated carbocycles. The monoisotopic (exact) mass is 336 g/mol. The van der Waals surface area contributed by atoms with E-state index < -0.39 is 5.41 Å². The van der Waals surface area contributed by atoms with E-state index in [4.69, 9.17) is 9.47 Å². The van der Waals surface area contributed by atoms with Crippen molar-refractivity contribution in [1.29, 1.82) is 5.26 Å². The predicted octanol–water partition coefficient (Wildman–Crippen LogP) is 3.42. The Morgan fingerprint density at radius 1 is 1.12 bits per heavy atom. The maximum absolute atomic E-state index is 13.2. The summed E-state index contributed by atoms with van der Waals surface area (Å²) in [4.78, 5) is 14.9. The fourth-order valence-electron chi connectivity index (χ4n) is 3.31. The van der Waals surface area contributed by atoms with E-state index in [1.165, 1.54) is 0 Å². The van der Waals surface area contributed by atoms with Crippen LogP contribution >= 0.6 is 0 Å². The van der Waals surface area contributed by atoms with Crippen LogP contribution in [-0.2, 0) is 16.8 Å². The summed E-state index contributed by atoms with van der Waals surface area (Å²) in [5.74, 6) is 1.04. The van der Waals surface area contributed by atoms with Crippen molar-refractivity contribution in [3.63, 3.8) is 0 Å². The molecule has 0 spiro atoms. The molecule has 0 fully saturated rings. The molecule has 0 bridgehead atoms. The van der Waals surface area contributed by atoms with Crippen LogP contribution in [0.3, 0.4) is 0 Å². The molecule has 5 heteroatoms. The van der Waals surface area contributed by atoms with Crippen molar-refractivity contribution in [2.45, 2.75) is 25.3 Å². The van der Waals surface area contributed by atoms with E-state index >= 15 is 0 Å². The van der Waals surface area contributed by atoms with Gasteiger partial charge in [-0.05, 0) is 24.1 Å². The molecule has 0 aliphatic carbocycles. The van der Waals surface area contributed by atoms with E-state index in [0.717, 1.165) is 16.8 Å². The molecule has 0 saturated heterocycles. The van der Waals surface area contributed by atoms with Gasteiger partial charge in [0.1, 0.15) is 0 Å². The third-order valence-corrected chi connectivity index (χ3v) is 4.72. The highest BCUT2D eigenvalue weighted by Crippen LogP contribution is 2.48. The van der Waals surface area contributed by atoms with E-state index in [2.05, 4.69) is 6.07 Å². The van der Waals surface area contributed by atoms with Crippen LogP contribution in [0, 0.1) is 11.3 Å². The lowest BCUT2D eigenvalue weighted by Gasteiger charge is -2.22. The quantitative estimate of drug-likeness (QED) is 0.839. The molecule has 0 N–H and O–H groups in total. The highest BCUT2D eigenvalue weighted by molar-refractivity contribution is 6.08. The predicted molar refractivity (Wildman–Crippen MR) is 94.8 cm³/mol. The van der Waals surface area contributed by atoms with Gasteiger partial charge in [0.05, 0.1) is 44.4 Å². The molecule has 5 nitrogen and oxygen atoms in total. The van der Waals surface area contributed by atoms with Gasteiger partial charge in [-0.3, -0.25) is 4.79 Å². The van der Waals surface area contributed by atoms with Gasteiger partial charge in [-0.15, -0.1) is 0 Å². The SMILES string of the molecule is COc1cc2c(cc1OC)C(C)(CC#N)C(=O)N2Cc1ccccc1. The summed E-state index contributed by atoms with van der Waals surface area (Å²) in [5, 5.41) is 9.26. The fourth-order valence-corrected chi connectivity index (χ4v) is 3.31. The molecule has 2 aromatic rings. The zero-order valence-corrected chi connectivity index (χ0v) is 14.6. The van der Waals surface area contributed by atoms with Crippen LogP contribution in [0.4, 0.5) is 5.69 Å². The van der Waals surface area contributed by atoms with Gasteiger partial charge in [-0.2, -0.15) is 5.26 Å². The van der Waals surface area contributed by atoms with Crippen LogP contribution in [-0.4, -0.2) is 20.1 Å². The van der Waals surface area contributed by atoms with E-state index in [1.807, 2.05) is 49.4 Å². The maximum atomic E-state index is 13.2. The Bertz CT molecular complexity index is 842. The van der Waals surface area contributed by atoms with E-state index in [-0.39, 0.29) is 12.3 Å². The lowest BCUT2D eigenvalue weighted by molar-refractivity contribution is -0.122. The first kappa shape index (κ1) is 16.8. The van der Waals surface area contributed by atoms with E-state index in [1.54, 1.807) is 19.1 Å². The van der Waals surface area contributed by atoms with Gasteiger partial charge in [0, 0.05) is 6.07 Å². The summed E-state index contributed by atoms with van der Waals surface area (Å²) in [6.45, 7) is 2.26. The average Bonchev–Trinajstić information content (AvgIpc) is 2.83. The van der Waals surface area contributed by atoms with Gasteiger partial charge in [0.25, 0.3) is 0 Å². The normalized spacial score (nSPS) is 18.6. The van der Waals surface area contributed by atoms with Crippen LogP contribution in [0.5, 0.6) is 11.5 Å². The highest BCUT2D eigenvalue weighted by atomic mass is 16.5. The molecule has 1 unspecified atom stereocenters. The van der Waals surface area contributed by atoms with Crippen molar-refractivity contribution in [3.8, 4) is 17.6 Å². The number of rotatable bonds is 5. The van der Waals surface area contributed by atoms with Crippen LogP contribution in [0.25, 0.3) is 0 Å². The van der Waals surface area contributed by atoms with Crippen molar-refractivity contribution in [3.05, 3.63) is 53.6 Å². The highest BCUT2D eigenvalue weighted by Gasteiger charge is 2.48. The Kier molecular flexibility index (Phi) is 4.37. The van der Waals surface area contributed by atoms with Crippen LogP contribution in [0.15, 0.2) is 42.5 Å². The number of nitrogens with zero attached hydrogens (tertiary/aromatic N) is 2. The first-order valence-electron chi connectivity index (χ1n) is 8.04. The summed E-state index contributed by atoms with van der Waals surface area (Å²) in [5.41, 5.74) is 1.70. The molecule has 3 rings (SSSR count). The first-order valence-corrected chi connectivity index (χ1v) is 8.04. The van der Waals surface area contributed by atoms with Crippen molar-refractivity contribution in [2.75, 3.05) is 19.1 Å². The molecule has 1 amide bonds. The van der Waals surface area contributed by atoms with Gasteiger partial charge >= 0.3 is 0 Å². The van der Waals surface area contributed by atoms with Crippen molar-refractivity contribution >= 4 is 11.6 Å². The minimum Gasteiger partial charge on any atom is -0.493 e. The third-order valence-electron chi connectivity index (χ3n) is 4.72. The number of carbonyl (C=O) groups is 1. The molecule has 0 radical (unpaired) electrons. The second-order valence-corrected chi connectivity index (χ2v) is 6.27. The Morgan fingerprint density at radius 2 is 1.76 bits per heavy atom. The third kappa shape index (κ3) is 2.70. The number of nitriles is 1. The molecule has 0 aromatic heterocycles. The fraction of sp³-hybridized carbons (Fsp3) is 0.300. The number of methoxy groups -OCH3 is 2. The Labute approximate surface area is 147 Å². The lowest BCUT2D eigenvalue weighted by atomic mass is 9.81. The number of hydrogen-bond donors (Lipinski definition) is 0. The number of ether oxygens (including phenoxy) is 2. The van der Waals surface area contributed by atoms with Gasteiger partial charge in [0.15, 0.2) is 11.5 Å². The zero-order chi connectivity index (χ0) is 18.0. The van der Waals surface area contributed by atoms with E-state index in [9.17, 15) is 10.1 Å². The van der Waals surface area contributed by atoms with Gasteiger partial charge in [-0.25, -0.2) is 0 Å². The topological polar surface area (TPSA) is 62.6 Å². The Morgan fingerprint density at radius 3 is 2.36 bits per heavy atom. The number of fused-ring (bicyclic) bond motifs is 1. The largest absolute Gasteiger partial charge is 0.493 e. The summed E-state index contributed by atoms with van der Waals surface area (Å²) in [6, 6.07) is 15.6. The number of anilines is 1. The average molecular weight is 336 g/mol. The first-order chi connectivity index (χ1) is 12.0. The summed E-state index contributed by atoms with van der Waals surface area (Å²) in [7, 11) is 3.13. The Balaban J connectivity index is 2.14. The molecule has 1 heterocycles. The van der Waals surface area contributed by atoms with Crippen molar-refractivity contribution in [1.82, 2.24) is 0 Å². The minimum atomic E-state index is -0.890. The second kappa shape index (κ2) is 6.48. The number of amides is 1. The van der Waals surface area contributed by atoms with Gasteiger partial charge in [0.2, 0.25) is 5.91 Å². The smallest absolute Gasteiger partial charge is 0.238 e. The maximum Gasteiger partial charge on any atom is 0.238 e. The number of hydrogen-bond acceptors (Lipinski definition) is 4. The number of benzene rings is 2. The molecule has 1 aliphatic rings. The molecular weight excluding hydrogens is 316 g/mol. The van der Waals surface area contributed by atoms with Crippen LogP contribution in [0.1, 0.15) is 24.5 Å². The molecule has 1 aliphatic heterocycles. The van der Waals surface area contributed by atoms with Gasteiger partial charge < -0.3 is 14.4 Å². The summed E-state index contributed by atoms with van der Waals surface area (Å²) < 4.78 is 10.8. The zero-order valence-electron chi connectivity index (χ0n) is 14.6. The minimum absolute atomic E-state index is 0.0804. The van der Waals surface area contributed by atoms with Crippen LogP contribution < -0.4 is 14.4 Å². The van der Waals surface area contributed by atoms with Gasteiger partial charge in [-0.1, -0.05) is 30.3 Å². The standard InChI is InChI=1S/C20H20N2O3/c1-20(9-10-21)15-11-17(24-2)18(25-3)12-16(15)22(19(20)23)13-14-7-5-4-6-8-14/h4-8,11-12H,9,13H2,1-3H3. The van der Waals surface area contributed by atoms with Crippen LogP contribution in [0.2, 0.25) is 0 Å². The molecule has 128 valence electrons. The molecular formula is C20H20N2O3. The van der Waals surface area contributed by atoms with E-state index in [0.29, 0.717) is 18.0 Å². The summed E-state index contributed by atoms with van der Waals surface area (Å²) >= 11 is 0. The molecule has 2 aromatic carbocycles. The lowest BCUT2D eigenvalue weighted by Crippen LogP contribution is -2.37. The van der Waals surface area contributed by atoms with Crippen molar-refractivity contribution < 1.29 is 14.3 Å². The molecule has 1 atom stereocenters. The second-order valence-electron chi connectivity index (χ2n) is 6.27. The van der Waals surface area contributed by atoms with Crippen molar-refractivity contribution in [2.24, 2.45) is 0 Å². The summed E-state index contributed by atoms with van der Waals surface area (Å²) in [6.07, 6.45) is 0.111. The molecule has 25 heavy (non-hydrogen) atoms. The Hall–Kier alpha value is -3.00. The number of carbonyl (C=O) groups excluding carboxylic acids is 1.